The Morgan fingerprint density at radius 1 is 0.867 bits per heavy atom. The maximum Gasteiger partial charge on any atom is 0.261 e. The summed E-state index contributed by atoms with van der Waals surface area (Å²) in [5.41, 5.74) is 2.81. The van der Waals surface area contributed by atoms with Gasteiger partial charge in [0.25, 0.3) is 10.0 Å². The van der Waals surface area contributed by atoms with Crippen LogP contribution in [0.5, 0.6) is 5.75 Å². The fourth-order valence-electron chi connectivity index (χ4n) is 2.62. The number of methoxy groups -OCH3 is 1. The second kappa shape index (κ2) is 9.28. The molecular weight excluding hydrogens is 400 g/mol. The molecule has 154 valence electrons. The van der Waals surface area contributed by atoms with E-state index in [0.29, 0.717) is 11.4 Å². The van der Waals surface area contributed by atoms with Crippen molar-refractivity contribution in [1.82, 2.24) is 0 Å². The molecule has 6 nitrogen and oxygen atoms in total. The number of rotatable bonds is 7. The van der Waals surface area contributed by atoms with Gasteiger partial charge in [-0.2, -0.15) is 0 Å². The number of hydrogen-bond donors (Lipinski definition) is 2. The number of anilines is 2. The minimum atomic E-state index is -3.67. The summed E-state index contributed by atoms with van der Waals surface area (Å²) in [5.74, 6) is 0.452. The van der Waals surface area contributed by atoms with Crippen LogP contribution in [-0.2, 0) is 14.8 Å². The van der Waals surface area contributed by atoms with Crippen LogP contribution in [0.4, 0.5) is 11.4 Å². The Kier molecular flexibility index (Phi) is 6.54. The molecule has 3 rings (SSSR count). The van der Waals surface area contributed by atoms with Crippen LogP contribution >= 0.6 is 0 Å². The quantitative estimate of drug-likeness (QED) is 0.551. The largest absolute Gasteiger partial charge is 0.497 e. The summed E-state index contributed by atoms with van der Waals surface area (Å²) in [6.07, 6.45) is 3.12. The Labute approximate surface area is 176 Å². The van der Waals surface area contributed by atoms with Crippen molar-refractivity contribution in [3.8, 4) is 5.75 Å². The molecule has 0 saturated heterocycles. The Morgan fingerprint density at radius 3 is 2.07 bits per heavy atom. The SMILES string of the molecule is COc1ccc(/C=C/C(=O)Nc2ccc(NS(=O)(=O)c3ccc(C)cc3)cc2)cc1. The second-order valence-electron chi connectivity index (χ2n) is 6.59. The number of aryl methyl sites for hydroxylation is 1. The molecule has 0 unspecified atom stereocenters. The number of nitrogens with one attached hydrogen (secondary N) is 2. The number of amides is 1. The molecule has 0 atom stereocenters. The molecule has 0 spiro atoms. The van der Waals surface area contributed by atoms with Crippen LogP contribution in [0.25, 0.3) is 6.08 Å². The molecule has 0 fully saturated rings. The van der Waals surface area contributed by atoms with E-state index >= 15 is 0 Å². The fourth-order valence-corrected chi connectivity index (χ4v) is 3.68. The average molecular weight is 423 g/mol. The molecular formula is C23H22N2O4S. The number of ether oxygens (including phenoxy) is 1. The molecule has 3 aromatic rings. The third-order valence-corrected chi connectivity index (χ3v) is 5.68. The number of carbonyl (C=O) groups excluding carboxylic acids is 1. The molecule has 3 aromatic carbocycles. The van der Waals surface area contributed by atoms with Crippen molar-refractivity contribution in [2.75, 3.05) is 17.1 Å². The van der Waals surface area contributed by atoms with E-state index in [4.69, 9.17) is 4.74 Å². The molecule has 30 heavy (non-hydrogen) atoms. The van der Waals surface area contributed by atoms with Gasteiger partial charge in [-0.15, -0.1) is 0 Å². The lowest BCUT2D eigenvalue weighted by Gasteiger charge is -2.09. The van der Waals surface area contributed by atoms with Gasteiger partial charge >= 0.3 is 0 Å². The molecule has 0 aromatic heterocycles. The first-order chi connectivity index (χ1) is 14.4. The highest BCUT2D eigenvalue weighted by Gasteiger charge is 2.13. The van der Waals surface area contributed by atoms with Gasteiger partial charge in [-0.1, -0.05) is 29.8 Å². The normalized spacial score (nSPS) is 11.3. The van der Waals surface area contributed by atoms with Crippen LogP contribution in [0.3, 0.4) is 0 Å². The van der Waals surface area contributed by atoms with Crippen molar-refractivity contribution in [2.24, 2.45) is 0 Å². The van der Waals surface area contributed by atoms with E-state index in [1.54, 1.807) is 61.7 Å². The number of sulfonamides is 1. The monoisotopic (exact) mass is 422 g/mol. The van der Waals surface area contributed by atoms with E-state index in [-0.39, 0.29) is 10.8 Å². The standard InChI is InChI=1S/C23H22N2O4S/c1-17-3-14-22(15-4-17)30(27,28)25-20-10-8-19(9-11-20)24-23(26)16-7-18-5-12-21(29-2)13-6-18/h3-16,25H,1-2H3,(H,24,26)/b16-7+. The Balaban J connectivity index is 1.60. The first-order valence-corrected chi connectivity index (χ1v) is 10.7. The highest BCUT2D eigenvalue weighted by Crippen LogP contribution is 2.19. The van der Waals surface area contributed by atoms with Crippen molar-refractivity contribution in [3.05, 3.63) is 90.0 Å². The highest BCUT2D eigenvalue weighted by molar-refractivity contribution is 7.92. The van der Waals surface area contributed by atoms with Crippen LogP contribution in [0.1, 0.15) is 11.1 Å². The van der Waals surface area contributed by atoms with Crippen molar-refractivity contribution in [2.45, 2.75) is 11.8 Å². The van der Waals surface area contributed by atoms with E-state index < -0.39 is 10.0 Å². The molecule has 1 amide bonds. The van der Waals surface area contributed by atoms with E-state index in [0.717, 1.165) is 16.9 Å². The first kappa shape index (κ1) is 21.1. The van der Waals surface area contributed by atoms with Gasteiger partial charge in [-0.05, 0) is 67.1 Å². The maximum atomic E-state index is 12.4. The summed E-state index contributed by atoms with van der Waals surface area (Å²) in [7, 11) is -2.07. The molecule has 0 aliphatic heterocycles. The minimum absolute atomic E-state index is 0.189. The topological polar surface area (TPSA) is 84.5 Å². The minimum Gasteiger partial charge on any atom is -0.497 e. The molecule has 0 bridgehead atoms. The lowest BCUT2D eigenvalue weighted by Crippen LogP contribution is -2.13. The van der Waals surface area contributed by atoms with E-state index in [1.807, 2.05) is 31.2 Å². The predicted molar refractivity (Wildman–Crippen MR) is 119 cm³/mol. The number of carbonyl (C=O) groups is 1. The Hall–Kier alpha value is -3.58. The zero-order valence-electron chi connectivity index (χ0n) is 16.6. The van der Waals surface area contributed by atoms with Gasteiger partial charge in [0.15, 0.2) is 0 Å². The zero-order chi connectivity index (χ0) is 21.6. The van der Waals surface area contributed by atoms with E-state index in [9.17, 15) is 13.2 Å². The van der Waals surface area contributed by atoms with E-state index in [2.05, 4.69) is 10.0 Å². The first-order valence-electron chi connectivity index (χ1n) is 9.18. The zero-order valence-corrected chi connectivity index (χ0v) is 17.4. The third-order valence-electron chi connectivity index (χ3n) is 4.28. The van der Waals surface area contributed by atoms with Gasteiger partial charge in [-0.3, -0.25) is 9.52 Å². The van der Waals surface area contributed by atoms with Crippen LogP contribution in [-0.4, -0.2) is 21.4 Å². The summed E-state index contributed by atoms with van der Waals surface area (Å²) >= 11 is 0. The summed E-state index contributed by atoms with van der Waals surface area (Å²) in [6.45, 7) is 1.89. The van der Waals surface area contributed by atoms with Crippen LogP contribution in [0.2, 0.25) is 0 Å². The lowest BCUT2D eigenvalue weighted by atomic mass is 10.2. The van der Waals surface area contributed by atoms with E-state index in [1.165, 1.54) is 6.08 Å². The van der Waals surface area contributed by atoms with Gasteiger partial charge in [-0.25, -0.2) is 8.42 Å². The molecule has 0 saturated carbocycles. The number of benzene rings is 3. The average Bonchev–Trinajstić information content (AvgIpc) is 2.74. The Bertz CT molecular complexity index is 1140. The molecule has 0 aliphatic rings. The lowest BCUT2D eigenvalue weighted by molar-refractivity contribution is -0.111. The predicted octanol–water partition coefficient (Wildman–Crippen LogP) is 4.46. The van der Waals surface area contributed by atoms with Crippen molar-refractivity contribution in [3.63, 3.8) is 0 Å². The van der Waals surface area contributed by atoms with Crippen LogP contribution < -0.4 is 14.8 Å². The van der Waals surface area contributed by atoms with Gasteiger partial charge < -0.3 is 10.1 Å². The van der Waals surface area contributed by atoms with Crippen molar-refractivity contribution in [1.29, 1.82) is 0 Å². The van der Waals surface area contributed by atoms with Crippen LogP contribution in [0, 0.1) is 6.92 Å². The molecule has 0 heterocycles. The second-order valence-corrected chi connectivity index (χ2v) is 8.27. The smallest absolute Gasteiger partial charge is 0.261 e. The molecule has 2 N–H and O–H groups in total. The highest BCUT2D eigenvalue weighted by atomic mass is 32.2. The van der Waals surface area contributed by atoms with Gasteiger partial charge in [0.1, 0.15) is 5.75 Å². The molecule has 0 aliphatic carbocycles. The summed E-state index contributed by atoms with van der Waals surface area (Å²) in [6, 6.07) is 20.4. The third kappa shape index (κ3) is 5.71. The van der Waals surface area contributed by atoms with Gasteiger partial charge in [0, 0.05) is 17.5 Å². The summed E-state index contributed by atoms with van der Waals surface area (Å²) < 4.78 is 32.5. The van der Waals surface area contributed by atoms with Crippen molar-refractivity contribution < 1.29 is 17.9 Å². The molecule has 0 radical (unpaired) electrons. The maximum absolute atomic E-state index is 12.4. The van der Waals surface area contributed by atoms with Crippen LogP contribution in [0.15, 0.2) is 83.8 Å². The Morgan fingerprint density at radius 2 is 1.47 bits per heavy atom. The van der Waals surface area contributed by atoms with Gasteiger partial charge in [0.2, 0.25) is 5.91 Å². The van der Waals surface area contributed by atoms with Gasteiger partial charge in [0.05, 0.1) is 12.0 Å². The van der Waals surface area contributed by atoms with Crippen molar-refractivity contribution >= 4 is 33.4 Å². The summed E-state index contributed by atoms with van der Waals surface area (Å²) in [4.78, 5) is 12.3. The summed E-state index contributed by atoms with van der Waals surface area (Å²) in [5, 5.41) is 2.74. The molecule has 7 heteroatoms. The number of hydrogen-bond acceptors (Lipinski definition) is 4. The fraction of sp³-hybridized carbons (Fsp3) is 0.0870.